The molecule has 0 spiro atoms. The first kappa shape index (κ1) is 20.3. The third-order valence-electron chi connectivity index (χ3n) is 5.58. The van der Waals surface area contributed by atoms with Crippen LogP contribution in [0.3, 0.4) is 0 Å². The predicted molar refractivity (Wildman–Crippen MR) is 109 cm³/mol. The number of thioether (sulfide) groups is 1. The minimum Gasteiger partial charge on any atom is -0.330 e. The topological polar surface area (TPSA) is 29.3 Å². The summed E-state index contributed by atoms with van der Waals surface area (Å²) in [5.74, 6) is -0.411. The summed E-state index contributed by atoms with van der Waals surface area (Å²) in [6.07, 6.45) is 5.16. The molecule has 0 aromatic heterocycles. The van der Waals surface area contributed by atoms with Crippen LogP contribution in [-0.2, 0) is 0 Å². The van der Waals surface area contributed by atoms with Gasteiger partial charge in [0.05, 0.1) is 0 Å². The van der Waals surface area contributed by atoms with Crippen LogP contribution >= 0.6 is 11.8 Å². The molecule has 1 aliphatic rings. The zero-order valence-corrected chi connectivity index (χ0v) is 16.7. The van der Waals surface area contributed by atoms with Crippen molar-refractivity contribution in [1.82, 2.24) is 4.90 Å². The maximum Gasteiger partial charge on any atom is 0.126 e. The molecule has 2 aromatic rings. The third kappa shape index (κ3) is 5.53. The predicted octanol–water partition coefficient (Wildman–Crippen LogP) is 4.88. The standard InChI is InChI=1S/C22H28F2N2S/c1-27-21-4-2-17(3-5-21)22(18-12-19(23)14-20(24)13-18)8-11-26-9-6-16(15-25)7-10-26/h2-5,12-14,16,22H,6-11,15,25H2,1H3. The van der Waals surface area contributed by atoms with Gasteiger partial charge in [-0.3, -0.25) is 0 Å². The van der Waals surface area contributed by atoms with Gasteiger partial charge in [0.15, 0.2) is 0 Å². The summed E-state index contributed by atoms with van der Waals surface area (Å²) in [7, 11) is 0. The lowest BCUT2D eigenvalue weighted by Gasteiger charge is -2.32. The van der Waals surface area contributed by atoms with Gasteiger partial charge >= 0.3 is 0 Å². The molecule has 0 aliphatic carbocycles. The van der Waals surface area contributed by atoms with Crippen LogP contribution in [0.5, 0.6) is 0 Å². The molecule has 0 amide bonds. The fourth-order valence-electron chi connectivity index (χ4n) is 3.90. The summed E-state index contributed by atoms with van der Waals surface area (Å²) in [6, 6.07) is 12.2. The van der Waals surface area contributed by atoms with Crippen molar-refractivity contribution in [1.29, 1.82) is 0 Å². The van der Waals surface area contributed by atoms with Crippen LogP contribution in [0.15, 0.2) is 47.4 Å². The molecule has 0 saturated carbocycles. The number of piperidine rings is 1. The minimum atomic E-state index is -0.514. The van der Waals surface area contributed by atoms with Crippen LogP contribution in [-0.4, -0.2) is 37.3 Å². The van der Waals surface area contributed by atoms with E-state index in [1.54, 1.807) is 11.8 Å². The molecule has 0 radical (unpaired) electrons. The number of likely N-dealkylation sites (tertiary alicyclic amines) is 1. The Morgan fingerprint density at radius 2 is 1.67 bits per heavy atom. The fraction of sp³-hybridized carbons (Fsp3) is 0.455. The van der Waals surface area contributed by atoms with Crippen molar-refractivity contribution in [3.8, 4) is 0 Å². The van der Waals surface area contributed by atoms with Gasteiger partial charge in [0.2, 0.25) is 0 Å². The van der Waals surface area contributed by atoms with Crippen LogP contribution < -0.4 is 5.73 Å². The highest BCUT2D eigenvalue weighted by Gasteiger charge is 2.21. The Labute approximate surface area is 165 Å². The zero-order chi connectivity index (χ0) is 19.2. The van der Waals surface area contributed by atoms with E-state index in [0.717, 1.165) is 57.1 Å². The van der Waals surface area contributed by atoms with Crippen molar-refractivity contribution >= 4 is 11.8 Å². The third-order valence-corrected chi connectivity index (χ3v) is 6.32. The maximum atomic E-state index is 13.8. The van der Waals surface area contributed by atoms with Gasteiger partial charge in [-0.05, 0) is 93.0 Å². The summed E-state index contributed by atoms with van der Waals surface area (Å²) in [4.78, 5) is 3.64. The van der Waals surface area contributed by atoms with E-state index in [1.165, 1.54) is 17.0 Å². The van der Waals surface area contributed by atoms with E-state index in [1.807, 2.05) is 6.26 Å². The van der Waals surface area contributed by atoms with Gasteiger partial charge in [0.1, 0.15) is 11.6 Å². The summed E-state index contributed by atoms with van der Waals surface area (Å²) in [5, 5.41) is 0. The molecule has 3 rings (SSSR count). The van der Waals surface area contributed by atoms with Crippen molar-refractivity contribution in [2.24, 2.45) is 11.7 Å². The number of rotatable bonds is 7. The van der Waals surface area contributed by atoms with E-state index in [-0.39, 0.29) is 5.92 Å². The Morgan fingerprint density at radius 1 is 1.04 bits per heavy atom. The lowest BCUT2D eigenvalue weighted by molar-refractivity contribution is 0.184. The average molecular weight is 391 g/mol. The molecule has 2 aromatic carbocycles. The number of nitrogens with two attached hydrogens (primary N) is 1. The number of hydrogen-bond acceptors (Lipinski definition) is 3. The second-order valence-corrected chi connectivity index (χ2v) is 8.22. The van der Waals surface area contributed by atoms with Gasteiger partial charge in [-0.2, -0.15) is 0 Å². The van der Waals surface area contributed by atoms with E-state index in [2.05, 4.69) is 29.2 Å². The number of halogens is 2. The Hall–Kier alpha value is -1.43. The average Bonchev–Trinajstić information content (AvgIpc) is 2.68. The molecule has 5 heteroatoms. The summed E-state index contributed by atoms with van der Waals surface area (Å²) in [5.41, 5.74) is 7.60. The van der Waals surface area contributed by atoms with Crippen molar-refractivity contribution in [3.63, 3.8) is 0 Å². The molecule has 2 N–H and O–H groups in total. The minimum absolute atomic E-state index is 0.0154. The lowest BCUT2D eigenvalue weighted by Crippen LogP contribution is -2.37. The van der Waals surface area contributed by atoms with Gasteiger partial charge in [0.25, 0.3) is 0 Å². The Morgan fingerprint density at radius 3 is 2.22 bits per heavy atom. The van der Waals surface area contributed by atoms with Crippen LogP contribution in [0, 0.1) is 17.6 Å². The highest BCUT2D eigenvalue weighted by molar-refractivity contribution is 7.98. The Kier molecular flexibility index (Phi) is 7.27. The monoisotopic (exact) mass is 390 g/mol. The molecule has 1 saturated heterocycles. The Balaban J connectivity index is 1.77. The van der Waals surface area contributed by atoms with E-state index in [4.69, 9.17) is 5.73 Å². The molecule has 1 heterocycles. The largest absolute Gasteiger partial charge is 0.330 e. The molecule has 1 fully saturated rings. The summed E-state index contributed by atoms with van der Waals surface area (Å²) >= 11 is 1.69. The summed E-state index contributed by atoms with van der Waals surface area (Å²) < 4.78 is 27.7. The fourth-order valence-corrected chi connectivity index (χ4v) is 4.30. The second kappa shape index (κ2) is 9.67. The molecule has 1 unspecified atom stereocenters. The van der Waals surface area contributed by atoms with Crippen LogP contribution in [0.25, 0.3) is 0 Å². The van der Waals surface area contributed by atoms with Crippen molar-refractivity contribution in [2.75, 3.05) is 32.4 Å². The van der Waals surface area contributed by atoms with Crippen molar-refractivity contribution in [2.45, 2.75) is 30.1 Å². The number of nitrogens with zero attached hydrogens (tertiary/aromatic N) is 1. The normalized spacial score (nSPS) is 17.2. The van der Waals surface area contributed by atoms with Gasteiger partial charge in [-0.15, -0.1) is 11.8 Å². The second-order valence-electron chi connectivity index (χ2n) is 7.34. The molecule has 0 bridgehead atoms. The van der Waals surface area contributed by atoms with Gasteiger partial charge in [-0.1, -0.05) is 12.1 Å². The molecular formula is C22H28F2N2S. The molecule has 27 heavy (non-hydrogen) atoms. The van der Waals surface area contributed by atoms with Crippen molar-refractivity contribution < 1.29 is 8.78 Å². The van der Waals surface area contributed by atoms with Crippen molar-refractivity contribution in [3.05, 3.63) is 65.2 Å². The van der Waals surface area contributed by atoms with Gasteiger partial charge in [-0.25, -0.2) is 8.78 Å². The highest BCUT2D eigenvalue weighted by atomic mass is 32.2. The zero-order valence-electron chi connectivity index (χ0n) is 15.8. The number of benzene rings is 2. The maximum absolute atomic E-state index is 13.8. The SMILES string of the molecule is CSc1ccc(C(CCN2CCC(CN)CC2)c2cc(F)cc(F)c2)cc1. The molecule has 1 aliphatic heterocycles. The van der Waals surface area contributed by atoms with E-state index in [0.29, 0.717) is 11.5 Å². The molecule has 146 valence electrons. The lowest BCUT2D eigenvalue weighted by atomic mass is 9.87. The number of hydrogen-bond donors (Lipinski definition) is 1. The van der Waals surface area contributed by atoms with E-state index in [9.17, 15) is 8.78 Å². The first-order valence-electron chi connectivity index (χ1n) is 9.61. The molecule has 2 nitrogen and oxygen atoms in total. The quantitative estimate of drug-likeness (QED) is 0.683. The van der Waals surface area contributed by atoms with Gasteiger partial charge in [0, 0.05) is 16.9 Å². The van der Waals surface area contributed by atoms with Crippen LogP contribution in [0.2, 0.25) is 0 Å². The molecular weight excluding hydrogens is 362 g/mol. The van der Waals surface area contributed by atoms with E-state index < -0.39 is 11.6 Å². The Bertz CT molecular complexity index is 707. The van der Waals surface area contributed by atoms with Crippen LogP contribution in [0.1, 0.15) is 36.3 Å². The van der Waals surface area contributed by atoms with E-state index >= 15 is 0 Å². The smallest absolute Gasteiger partial charge is 0.126 e. The van der Waals surface area contributed by atoms with Gasteiger partial charge < -0.3 is 10.6 Å². The first-order valence-corrected chi connectivity index (χ1v) is 10.8. The van der Waals surface area contributed by atoms with Crippen LogP contribution in [0.4, 0.5) is 8.78 Å². The first-order chi connectivity index (χ1) is 13.1. The molecule has 1 atom stereocenters. The summed E-state index contributed by atoms with van der Waals surface area (Å²) in [6.45, 7) is 3.79. The highest BCUT2D eigenvalue weighted by Crippen LogP contribution is 2.31.